The van der Waals surface area contributed by atoms with Gasteiger partial charge in [-0.15, -0.1) is 0 Å². The second-order valence-corrected chi connectivity index (χ2v) is 4.81. The van der Waals surface area contributed by atoms with E-state index in [0.29, 0.717) is 6.29 Å². The molecule has 2 rings (SSSR count). The molecule has 0 fully saturated rings. The number of hydrogen-bond acceptors (Lipinski definition) is 4. The Morgan fingerprint density at radius 1 is 1.41 bits per heavy atom. The standard InChI is InChI=1S/C15H12ClFN2O3/c1-8(21)19-13-5-11(9(7-20)6-18-13)10-3-4-12(16)15(22-2)14(10)17/h3-7H,1-2H3,(H,18,19,21). The molecule has 0 saturated heterocycles. The van der Waals surface area contributed by atoms with Crippen molar-refractivity contribution in [3.63, 3.8) is 0 Å². The predicted octanol–water partition coefficient (Wildman–Crippen LogP) is 3.32. The van der Waals surface area contributed by atoms with E-state index in [1.165, 1.54) is 38.4 Å². The Labute approximate surface area is 131 Å². The Balaban J connectivity index is 2.65. The molecule has 1 N–H and O–H groups in total. The third-order valence-electron chi connectivity index (χ3n) is 2.91. The number of ether oxygens (including phenoxy) is 1. The fourth-order valence-electron chi connectivity index (χ4n) is 1.97. The molecule has 114 valence electrons. The van der Waals surface area contributed by atoms with Crippen LogP contribution in [-0.2, 0) is 4.79 Å². The highest BCUT2D eigenvalue weighted by Crippen LogP contribution is 2.36. The number of aldehydes is 1. The molecule has 0 aliphatic rings. The normalized spacial score (nSPS) is 10.2. The summed E-state index contributed by atoms with van der Waals surface area (Å²) in [4.78, 5) is 26.2. The molecule has 0 saturated carbocycles. The molecular formula is C15H12ClFN2O3. The molecule has 7 heteroatoms. The zero-order valence-electron chi connectivity index (χ0n) is 11.8. The Hall–Kier alpha value is -2.47. The van der Waals surface area contributed by atoms with E-state index in [9.17, 15) is 14.0 Å². The summed E-state index contributed by atoms with van der Waals surface area (Å²) >= 11 is 5.86. The van der Waals surface area contributed by atoms with Gasteiger partial charge in [-0.25, -0.2) is 9.37 Å². The summed E-state index contributed by atoms with van der Waals surface area (Å²) in [6, 6.07) is 4.31. The second kappa shape index (κ2) is 6.53. The number of hydrogen-bond donors (Lipinski definition) is 1. The first-order chi connectivity index (χ1) is 10.5. The van der Waals surface area contributed by atoms with Gasteiger partial charge in [0, 0.05) is 29.8 Å². The lowest BCUT2D eigenvalue weighted by molar-refractivity contribution is -0.114. The van der Waals surface area contributed by atoms with Crippen LogP contribution < -0.4 is 10.1 Å². The summed E-state index contributed by atoms with van der Waals surface area (Å²) in [5.74, 6) is -0.931. The van der Waals surface area contributed by atoms with Crippen molar-refractivity contribution in [3.8, 4) is 16.9 Å². The van der Waals surface area contributed by atoms with Crippen LogP contribution in [0.15, 0.2) is 24.4 Å². The van der Waals surface area contributed by atoms with E-state index in [4.69, 9.17) is 16.3 Å². The van der Waals surface area contributed by atoms with Gasteiger partial charge in [0.15, 0.2) is 17.9 Å². The van der Waals surface area contributed by atoms with E-state index >= 15 is 0 Å². The number of carbonyl (C=O) groups is 2. The summed E-state index contributed by atoms with van der Waals surface area (Å²) in [5.41, 5.74) is 0.580. The van der Waals surface area contributed by atoms with Gasteiger partial charge in [-0.05, 0) is 18.2 Å². The molecule has 0 atom stereocenters. The SMILES string of the molecule is COc1c(Cl)ccc(-c2cc(NC(C)=O)ncc2C=O)c1F. The smallest absolute Gasteiger partial charge is 0.222 e. The quantitative estimate of drug-likeness (QED) is 0.877. The molecule has 0 unspecified atom stereocenters. The number of rotatable bonds is 4. The summed E-state index contributed by atoms with van der Waals surface area (Å²) < 4.78 is 19.4. The Bertz CT molecular complexity index is 750. The maximum atomic E-state index is 14.5. The van der Waals surface area contributed by atoms with Crippen LogP contribution in [0, 0.1) is 5.82 Å². The molecule has 22 heavy (non-hydrogen) atoms. The maximum Gasteiger partial charge on any atom is 0.222 e. The zero-order chi connectivity index (χ0) is 16.3. The van der Waals surface area contributed by atoms with Crippen molar-refractivity contribution >= 4 is 29.6 Å². The Morgan fingerprint density at radius 3 is 2.73 bits per heavy atom. The highest BCUT2D eigenvalue weighted by Gasteiger charge is 2.17. The number of aromatic nitrogens is 1. The van der Waals surface area contributed by atoms with Gasteiger partial charge in [-0.1, -0.05) is 11.6 Å². The van der Waals surface area contributed by atoms with Crippen LogP contribution in [0.4, 0.5) is 10.2 Å². The van der Waals surface area contributed by atoms with Gasteiger partial charge in [0.2, 0.25) is 5.91 Å². The number of benzene rings is 1. The van der Waals surface area contributed by atoms with Crippen LogP contribution in [0.25, 0.3) is 11.1 Å². The van der Waals surface area contributed by atoms with Crippen molar-refractivity contribution in [3.05, 3.63) is 40.8 Å². The van der Waals surface area contributed by atoms with E-state index in [0.717, 1.165) is 0 Å². The molecule has 1 aromatic carbocycles. The number of amides is 1. The highest BCUT2D eigenvalue weighted by atomic mass is 35.5. The van der Waals surface area contributed by atoms with Crippen LogP contribution >= 0.6 is 11.6 Å². The first-order valence-electron chi connectivity index (χ1n) is 6.23. The number of carbonyl (C=O) groups excluding carboxylic acids is 2. The molecule has 2 aromatic rings. The fraction of sp³-hybridized carbons (Fsp3) is 0.133. The number of nitrogens with one attached hydrogen (secondary N) is 1. The van der Waals surface area contributed by atoms with Crippen LogP contribution in [0.1, 0.15) is 17.3 Å². The zero-order valence-corrected chi connectivity index (χ0v) is 12.6. The topological polar surface area (TPSA) is 68.3 Å². The number of halogens is 2. The maximum absolute atomic E-state index is 14.5. The van der Waals surface area contributed by atoms with E-state index in [1.54, 1.807) is 0 Å². The van der Waals surface area contributed by atoms with Gasteiger partial charge < -0.3 is 10.1 Å². The molecule has 1 heterocycles. The van der Waals surface area contributed by atoms with Crippen LogP contribution in [-0.4, -0.2) is 24.3 Å². The second-order valence-electron chi connectivity index (χ2n) is 4.40. The minimum Gasteiger partial charge on any atom is -0.492 e. The van der Waals surface area contributed by atoms with E-state index in [1.807, 2.05) is 0 Å². The van der Waals surface area contributed by atoms with Crippen molar-refractivity contribution < 1.29 is 18.7 Å². The van der Waals surface area contributed by atoms with Crippen LogP contribution in [0.2, 0.25) is 5.02 Å². The Morgan fingerprint density at radius 2 is 2.14 bits per heavy atom. The van der Waals surface area contributed by atoms with Crippen molar-refractivity contribution in [1.29, 1.82) is 0 Å². The van der Waals surface area contributed by atoms with Crippen LogP contribution in [0.3, 0.4) is 0 Å². The minimum absolute atomic E-state index is 0.117. The first kappa shape index (κ1) is 15.9. The average molecular weight is 323 g/mol. The monoisotopic (exact) mass is 322 g/mol. The number of methoxy groups -OCH3 is 1. The molecule has 0 aliphatic carbocycles. The third-order valence-corrected chi connectivity index (χ3v) is 3.21. The van der Waals surface area contributed by atoms with Crippen molar-refractivity contribution in [1.82, 2.24) is 4.98 Å². The van der Waals surface area contributed by atoms with Gasteiger partial charge in [0.1, 0.15) is 5.82 Å². The number of nitrogens with zero attached hydrogens (tertiary/aromatic N) is 1. The van der Waals surface area contributed by atoms with Crippen molar-refractivity contribution in [2.45, 2.75) is 6.92 Å². The largest absolute Gasteiger partial charge is 0.492 e. The average Bonchev–Trinajstić information content (AvgIpc) is 2.47. The molecule has 1 aromatic heterocycles. The lowest BCUT2D eigenvalue weighted by atomic mass is 10.0. The third kappa shape index (κ3) is 3.07. The summed E-state index contributed by atoms with van der Waals surface area (Å²) in [6.07, 6.45) is 1.81. The van der Waals surface area contributed by atoms with Crippen molar-refractivity contribution in [2.75, 3.05) is 12.4 Å². The van der Waals surface area contributed by atoms with Gasteiger partial charge in [-0.2, -0.15) is 0 Å². The molecule has 5 nitrogen and oxygen atoms in total. The van der Waals surface area contributed by atoms with Crippen LogP contribution in [0.5, 0.6) is 5.75 Å². The summed E-state index contributed by atoms with van der Waals surface area (Å²) in [5, 5.41) is 2.60. The number of pyridine rings is 1. The van der Waals surface area contributed by atoms with E-state index in [2.05, 4.69) is 10.3 Å². The lowest BCUT2D eigenvalue weighted by Crippen LogP contribution is -2.08. The number of anilines is 1. The minimum atomic E-state index is -0.696. The van der Waals surface area contributed by atoms with Crippen molar-refractivity contribution in [2.24, 2.45) is 0 Å². The predicted molar refractivity (Wildman–Crippen MR) is 80.9 cm³/mol. The van der Waals surface area contributed by atoms with E-state index in [-0.39, 0.29) is 39.2 Å². The Kier molecular flexibility index (Phi) is 4.72. The molecule has 1 amide bonds. The molecule has 0 bridgehead atoms. The molecule has 0 spiro atoms. The molecule has 0 aliphatic heterocycles. The molecular weight excluding hydrogens is 311 g/mol. The van der Waals surface area contributed by atoms with Gasteiger partial charge in [0.05, 0.1) is 12.1 Å². The van der Waals surface area contributed by atoms with Gasteiger partial charge in [-0.3, -0.25) is 9.59 Å². The summed E-state index contributed by atoms with van der Waals surface area (Å²) in [6.45, 7) is 1.32. The lowest BCUT2D eigenvalue weighted by Gasteiger charge is -2.12. The summed E-state index contributed by atoms with van der Waals surface area (Å²) in [7, 11) is 1.30. The highest BCUT2D eigenvalue weighted by molar-refractivity contribution is 6.32. The molecule has 0 radical (unpaired) electrons. The fourth-order valence-corrected chi connectivity index (χ4v) is 2.19. The first-order valence-corrected chi connectivity index (χ1v) is 6.61. The van der Waals surface area contributed by atoms with Gasteiger partial charge >= 0.3 is 0 Å². The van der Waals surface area contributed by atoms with Gasteiger partial charge in [0.25, 0.3) is 0 Å². The van der Waals surface area contributed by atoms with E-state index < -0.39 is 5.82 Å².